The first-order valence-corrected chi connectivity index (χ1v) is 25.1. The van der Waals surface area contributed by atoms with Crippen molar-refractivity contribution in [2.45, 2.75) is 52.4 Å². The van der Waals surface area contributed by atoms with Gasteiger partial charge in [0, 0.05) is 79.1 Å². The molecule has 0 aliphatic carbocycles. The lowest BCUT2D eigenvalue weighted by Crippen LogP contribution is -2.55. The van der Waals surface area contributed by atoms with Crippen LogP contribution in [-0.2, 0) is 17.9 Å². The van der Waals surface area contributed by atoms with Crippen LogP contribution < -0.4 is 30.1 Å². The molecule has 0 radical (unpaired) electrons. The Morgan fingerprint density at radius 1 is 0.593 bits per heavy atom. The molecular weight excluding hydrogens is 1030 g/mol. The van der Waals surface area contributed by atoms with E-state index < -0.39 is 40.2 Å². The van der Waals surface area contributed by atoms with Gasteiger partial charge in [-0.05, 0) is 97.1 Å². The molecule has 6 aromatic heterocycles. The monoisotopic (exact) mass is 1080 g/mol. The summed E-state index contributed by atoms with van der Waals surface area (Å²) in [6.45, 7) is 11.4. The number of benzene rings is 4. The van der Waals surface area contributed by atoms with Crippen molar-refractivity contribution in [3.63, 3.8) is 0 Å². The number of anilines is 4. The molecule has 3 N–H and O–H groups in total. The number of nitriles is 2. The maximum atomic E-state index is 17.6. The van der Waals surface area contributed by atoms with Crippen molar-refractivity contribution in [2.75, 3.05) is 20.7 Å². The van der Waals surface area contributed by atoms with Crippen LogP contribution in [-0.4, -0.2) is 61.6 Å². The molecule has 404 valence electrons. The number of nitrogens with one attached hydrogen (secondary N) is 3. The van der Waals surface area contributed by atoms with Crippen molar-refractivity contribution in [1.82, 2.24) is 49.5 Å². The fourth-order valence-electron chi connectivity index (χ4n) is 8.32. The number of carbonyl (C=O) groups excluding carboxylic acids is 2. The topological polar surface area (TPSA) is 239 Å². The Morgan fingerprint density at radius 2 is 1.15 bits per heavy atom. The number of pyridine rings is 2. The highest BCUT2D eigenvalue weighted by atomic mass is 19.1. The van der Waals surface area contributed by atoms with Crippen molar-refractivity contribution in [3.05, 3.63) is 192 Å². The Kier molecular flexibility index (Phi) is 14.4. The summed E-state index contributed by atoms with van der Waals surface area (Å²) in [6, 6.07) is 35.3. The molecule has 0 aliphatic heterocycles. The summed E-state index contributed by atoms with van der Waals surface area (Å²) >= 11 is 0. The zero-order valence-electron chi connectivity index (χ0n) is 44.7. The number of hydrazine groups is 1. The molecule has 6 heterocycles. The van der Waals surface area contributed by atoms with Crippen LogP contribution in [0, 0.1) is 34.3 Å². The van der Waals surface area contributed by atoms with Crippen LogP contribution in [0.5, 0.6) is 23.0 Å². The predicted molar refractivity (Wildman–Crippen MR) is 298 cm³/mol. The van der Waals surface area contributed by atoms with Crippen LogP contribution in [0.25, 0.3) is 34.2 Å². The summed E-state index contributed by atoms with van der Waals surface area (Å²) in [5.74, 6) is -1.33. The maximum absolute atomic E-state index is 17.6. The summed E-state index contributed by atoms with van der Waals surface area (Å²) in [7, 11) is 1.77. The van der Waals surface area contributed by atoms with Crippen LogP contribution in [0.1, 0.15) is 64.1 Å². The van der Waals surface area contributed by atoms with E-state index in [1.54, 1.807) is 127 Å². The van der Waals surface area contributed by atoms with Crippen molar-refractivity contribution in [3.8, 4) is 69.3 Å². The molecule has 4 amide bonds. The first-order chi connectivity index (χ1) is 38.8. The number of amides is 4. The summed E-state index contributed by atoms with van der Waals surface area (Å²) < 4.78 is 50.9. The van der Waals surface area contributed by atoms with E-state index in [1.165, 1.54) is 39.8 Å². The molecule has 10 aromatic rings. The number of urea groups is 2. The zero-order chi connectivity index (χ0) is 57.2. The van der Waals surface area contributed by atoms with E-state index in [0.717, 1.165) is 22.2 Å². The lowest BCUT2D eigenvalue weighted by molar-refractivity contribution is 0.248. The van der Waals surface area contributed by atoms with Crippen LogP contribution in [0.4, 0.5) is 41.4 Å². The SMILES string of the molecule is Cn1nccc1-c1cc(Oc2ccc(NC(=O)N(c3cc(C(C)(C)C)nn3-c3ccc(C#N)cc3)N(C(=O)Nc3cc(C(C)(C)C)nn3-c3ccc(C#N)cc3)c3ccc(Oc4ccnc(-c5cc[nH]n5)c4)cc3F)c(F)c2)ccn1. The molecule has 0 saturated carbocycles. The first kappa shape index (κ1) is 53.4. The molecule has 22 heteroatoms. The molecule has 0 fully saturated rings. The second-order valence-electron chi connectivity index (χ2n) is 20.4. The van der Waals surface area contributed by atoms with Gasteiger partial charge in [0.15, 0.2) is 11.6 Å². The second kappa shape index (κ2) is 21.8. The van der Waals surface area contributed by atoms with Gasteiger partial charge in [-0.1, -0.05) is 41.5 Å². The average molecular weight is 1090 g/mol. The van der Waals surface area contributed by atoms with Crippen molar-refractivity contribution in [2.24, 2.45) is 7.05 Å². The fourth-order valence-corrected chi connectivity index (χ4v) is 8.32. The molecule has 0 unspecified atom stereocenters. The number of hydrogen-bond acceptors (Lipinski definition) is 12. The third-order valence-electron chi connectivity index (χ3n) is 12.6. The quantitative estimate of drug-likeness (QED) is 0.0968. The minimum absolute atomic E-state index is 0.00230. The number of halogens is 2. The number of H-pyrrole nitrogens is 1. The molecule has 0 aliphatic rings. The van der Waals surface area contributed by atoms with E-state index in [9.17, 15) is 10.5 Å². The normalized spacial score (nSPS) is 11.3. The van der Waals surface area contributed by atoms with Gasteiger partial charge in [0.05, 0.1) is 68.8 Å². The first-order valence-electron chi connectivity index (χ1n) is 25.1. The zero-order valence-corrected chi connectivity index (χ0v) is 44.7. The maximum Gasteiger partial charge on any atom is 0.347 e. The van der Waals surface area contributed by atoms with Crippen LogP contribution >= 0.6 is 0 Å². The second-order valence-corrected chi connectivity index (χ2v) is 20.4. The van der Waals surface area contributed by atoms with Crippen LogP contribution in [0.15, 0.2) is 158 Å². The van der Waals surface area contributed by atoms with Crippen LogP contribution in [0.2, 0.25) is 0 Å². The molecule has 0 spiro atoms. The van der Waals surface area contributed by atoms with Crippen molar-refractivity contribution in [1.29, 1.82) is 10.5 Å². The smallest absolute Gasteiger partial charge is 0.347 e. The van der Waals surface area contributed by atoms with Gasteiger partial charge in [0.25, 0.3) is 0 Å². The number of ether oxygens (including phenoxy) is 2. The Balaban J connectivity index is 1.11. The minimum Gasteiger partial charge on any atom is -0.457 e. The van der Waals surface area contributed by atoms with Gasteiger partial charge in [-0.3, -0.25) is 25.1 Å². The highest BCUT2D eigenvalue weighted by Crippen LogP contribution is 2.37. The molecule has 81 heavy (non-hydrogen) atoms. The van der Waals surface area contributed by atoms with Gasteiger partial charge >= 0.3 is 12.1 Å². The van der Waals surface area contributed by atoms with E-state index in [4.69, 9.17) is 19.7 Å². The van der Waals surface area contributed by atoms with E-state index in [1.807, 2.05) is 41.5 Å². The van der Waals surface area contributed by atoms with E-state index in [2.05, 4.69) is 48.0 Å². The number of rotatable bonds is 12. The van der Waals surface area contributed by atoms with Gasteiger partial charge in [-0.25, -0.2) is 27.7 Å². The fraction of sp³-hybridized carbons (Fsp3) is 0.153. The van der Waals surface area contributed by atoms with Crippen LogP contribution in [0.3, 0.4) is 0 Å². The van der Waals surface area contributed by atoms with Gasteiger partial charge in [-0.2, -0.15) is 40.9 Å². The highest BCUT2D eigenvalue weighted by Gasteiger charge is 2.37. The van der Waals surface area contributed by atoms with Gasteiger partial charge in [0.2, 0.25) is 0 Å². The lowest BCUT2D eigenvalue weighted by atomic mass is 9.92. The standard InChI is InChI=1S/C59H50F2N16O4/c1-58(2,3)52-32-54(74(71-52)38-12-8-36(34-62)9-13-38)69-57(79)76(50-19-17-41(29-45(50)61)81-42-20-24-64-48(30-42)47-22-26-66-70-47)77(55-33-53(59(4,5)6)72-75(55)39-14-10-37(35-63)11-15-39)56(78)68-46-18-16-40(28-44(46)60)80-43-21-25-65-49(31-43)51-23-27-67-73(51)7/h8-33H,1-7H3,(H,66,70)(H,68,78)(H,69,79). The van der Waals surface area contributed by atoms with E-state index >= 15 is 18.4 Å². The number of aromatic nitrogens is 10. The van der Waals surface area contributed by atoms with Gasteiger partial charge in [-0.15, -0.1) is 0 Å². The van der Waals surface area contributed by atoms with E-state index in [-0.39, 0.29) is 34.6 Å². The molecule has 20 nitrogen and oxygen atoms in total. The molecule has 10 rings (SSSR count). The van der Waals surface area contributed by atoms with E-state index in [0.29, 0.717) is 62.4 Å². The third kappa shape index (κ3) is 11.5. The average Bonchev–Trinajstić information content (AvgIpc) is 4.46. The Morgan fingerprint density at radius 3 is 1.72 bits per heavy atom. The molecule has 0 atom stereocenters. The number of carbonyl (C=O) groups is 2. The summed E-state index contributed by atoms with van der Waals surface area (Å²) in [4.78, 5) is 40.2. The Hall–Kier alpha value is -11.0. The highest BCUT2D eigenvalue weighted by molar-refractivity contribution is 6.13. The number of hydrogen-bond donors (Lipinski definition) is 3. The number of aromatic amines is 1. The Bertz CT molecular complexity index is 4050. The molecule has 4 aromatic carbocycles. The summed E-state index contributed by atoms with van der Waals surface area (Å²) in [6.07, 6.45) is 6.32. The molecule has 0 bridgehead atoms. The predicted octanol–water partition coefficient (Wildman–Crippen LogP) is 12.5. The van der Waals surface area contributed by atoms with Gasteiger partial charge in [0.1, 0.15) is 46.0 Å². The molecule has 0 saturated heterocycles. The third-order valence-corrected chi connectivity index (χ3v) is 12.6. The molecular formula is C59H50F2N16O4. The number of nitrogens with zero attached hydrogens (tertiary/aromatic N) is 13. The Labute approximate surface area is 463 Å². The lowest BCUT2D eigenvalue weighted by Gasteiger charge is -2.34. The largest absolute Gasteiger partial charge is 0.457 e. The van der Waals surface area contributed by atoms with Crippen molar-refractivity contribution < 1.29 is 27.8 Å². The van der Waals surface area contributed by atoms with Gasteiger partial charge < -0.3 is 14.8 Å². The summed E-state index contributed by atoms with van der Waals surface area (Å²) in [5, 5.41) is 47.4. The number of aryl methyl sites for hydroxylation is 1. The summed E-state index contributed by atoms with van der Waals surface area (Å²) in [5.41, 5.74) is 2.61. The van der Waals surface area contributed by atoms with Crippen molar-refractivity contribution >= 4 is 35.1 Å². The minimum atomic E-state index is -1.17.